The van der Waals surface area contributed by atoms with E-state index in [4.69, 9.17) is 4.74 Å². The molecule has 1 heterocycles. The Bertz CT molecular complexity index is 508. The lowest BCUT2D eigenvalue weighted by Gasteiger charge is -2.10. The van der Waals surface area contributed by atoms with Gasteiger partial charge in [-0.2, -0.15) is 0 Å². The van der Waals surface area contributed by atoms with Gasteiger partial charge in [0, 0.05) is 10.6 Å². The second-order valence-corrected chi connectivity index (χ2v) is 4.83. The van der Waals surface area contributed by atoms with Gasteiger partial charge in [0.2, 0.25) is 0 Å². The molecule has 0 fully saturated rings. The fourth-order valence-electron chi connectivity index (χ4n) is 1.63. The van der Waals surface area contributed by atoms with Crippen molar-refractivity contribution in [2.45, 2.75) is 20.4 Å². The molecule has 0 radical (unpaired) electrons. The van der Waals surface area contributed by atoms with E-state index in [0.717, 1.165) is 23.7 Å². The van der Waals surface area contributed by atoms with Crippen LogP contribution < -0.4 is 10.1 Å². The zero-order chi connectivity index (χ0) is 12.3. The number of nitrogens with one attached hydrogen (secondary N) is 1. The molecule has 90 valence electrons. The summed E-state index contributed by atoms with van der Waals surface area (Å²) in [7, 11) is 1.68. The topological polar surface area (TPSA) is 34.1 Å². The zero-order valence-electron chi connectivity index (χ0n) is 10.3. The Morgan fingerprint density at radius 2 is 2.18 bits per heavy atom. The van der Waals surface area contributed by atoms with E-state index in [1.54, 1.807) is 18.4 Å². The van der Waals surface area contributed by atoms with E-state index < -0.39 is 0 Å². The number of aryl methyl sites for hydroxylation is 2. The van der Waals surface area contributed by atoms with Crippen LogP contribution in [-0.2, 0) is 6.54 Å². The van der Waals surface area contributed by atoms with Crippen LogP contribution in [0.4, 0.5) is 5.69 Å². The number of hydrogen-bond donors (Lipinski definition) is 1. The third-order valence-electron chi connectivity index (χ3n) is 2.72. The van der Waals surface area contributed by atoms with Crippen LogP contribution in [0.1, 0.15) is 16.1 Å². The van der Waals surface area contributed by atoms with Gasteiger partial charge in [-0.1, -0.05) is 0 Å². The largest absolute Gasteiger partial charge is 0.497 e. The summed E-state index contributed by atoms with van der Waals surface area (Å²) < 4.78 is 5.18. The Balaban J connectivity index is 2.07. The number of nitrogens with zero attached hydrogens (tertiary/aromatic N) is 1. The molecule has 0 atom stereocenters. The van der Waals surface area contributed by atoms with Crippen LogP contribution in [0.15, 0.2) is 23.7 Å². The van der Waals surface area contributed by atoms with Crippen LogP contribution in [0.25, 0.3) is 0 Å². The molecule has 0 unspecified atom stereocenters. The van der Waals surface area contributed by atoms with Crippen molar-refractivity contribution in [2.24, 2.45) is 0 Å². The molecule has 0 saturated heterocycles. The molecule has 0 aliphatic heterocycles. The van der Waals surface area contributed by atoms with Gasteiger partial charge >= 0.3 is 0 Å². The summed E-state index contributed by atoms with van der Waals surface area (Å²) in [5, 5.41) is 3.42. The van der Waals surface area contributed by atoms with Crippen molar-refractivity contribution in [3.8, 4) is 5.75 Å². The normalized spacial score (nSPS) is 10.3. The number of rotatable bonds is 4. The molecule has 2 aromatic rings. The maximum absolute atomic E-state index is 5.18. The molecule has 0 aliphatic rings. The Kier molecular flexibility index (Phi) is 3.64. The van der Waals surface area contributed by atoms with Gasteiger partial charge in [-0.25, -0.2) is 4.98 Å². The van der Waals surface area contributed by atoms with E-state index >= 15 is 0 Å². The molecule has 0 amide bonds. The number of aromatic nitrogens is 1. The second kappa shape index (κ2) is 5.19. The van der Waals surface area contributed by atoms with Gasteiger partial charge in [0.05, 0.1) is 24.9 Å². The SMILES string of the molecule is COc1ccc(NCc2scnc2C)c(C)c1. The van der Waals surface area contributed by atoms with Crippen LogP contribution in [0.2, 0.25) is 0 Å². The first-order valence-corrected chi connectivity index (χ1v) is 6.36. The lowest BCUT2D eigenvalue weighted by atomic mass is 10.2. The third kappa shape index (κ3) is 2.77. The summed E-state index contributed by atoms with van der Waals surface area (Å²) in [4.78, 5) is 5.52. The van der Waals surface area contributed by atoms with Crippen molar-refractivity contribution in [1.82, 2.24) is 4.98 Å². The average molecular weight is 248 g/mol. The minimum absolute atomic E-state index is 0.823. The van der Waals surface area contributed by atoms with E-state index in [2.05, 4.69) is 17.2 Å². The third-order valence-corrected chi connectivity index (χ3v) is 3.65. The van der Waals surface area contributed by atoms with E-state index in [1.807, 2.05) is 30.6 Å². The summed E-state index contributed by atoms with van der Waals surface area (Å²) >= 11 is 1.68. The van der Waals surface area contributed by atoms with E-state index in [-0.39, 0.29) is 0 Å². The summed E-state index contributed by atoms with van der Waals surface area (Å²) in [5.41, 5.74) is 5.31. The fraction of sp³-hybridized carbons (Fsp3) is 0.308. The Morgan fingerprint density at radius 3 is 2.76 bits per heavy atom. The number of ether oxygens (including phenoxy) is 1. The highest BCUT2D eigenvalue weighted by molar-refractivity contribution is 7.09. The van der Waals surface area contributed by atoms with Crippen LogP contribution in [-0.4, -0.2) is 12.1 Å². The summed E-state index contributed by atoms with van der Waals surface area (Å²) in [6.45, 7) is 4.93. The van der Waals surface area contributed by atoms with Crippen molar-refractivity contribution in [3.63, 3.8) is 0 Å². The van der Waals surface area contributed by atoms with Gasteiger partial charge in [0.1, 0.15) is 5.75 Å². The zero-order valence-corrected chi connectivity index (χ0v) is 11.1. The number of anilines is 1. The summed E-state index contributed by atoms with van der Waals surface area (Å²) in [6, 6.07) is 6.04. The Hall–Kier alpha value is -1.55. The van der Waals surface area contributed by atoms with Crippen LogP contribution in [0.3, 0.4) is 0 Å². The highest BCUT2D eigenvalue weighted by Crippen LogP contribution is 2.22. The first kappa shape index (κ1) is 11.9. The van der Waals surface area contributed by atoms with Gasteiger partial charge in [-0.15, -0.1) is 11.3 Å². The predicted molar refractivity (Wildman–Crippen MR) is 71.9 cm³/mol. The van der Waals surface area contributed by atoms with Gasteiger partial charge in [-0.3, -0.25) is 0 Å². The first-order valence-electron chi connectivity index (χ1n) is 5.48. The highest BCUT2D eigenvalue weighted by atomic mass is 32.1. The lowest BCUT2D eigenvalue weighted by Crippen LogP contribution is -2.01. The van der Waals surface area contributed by atoms with Crippen LogP contribution >= 0.6 is 11.3 Å². The Labute approximate surface area is 105 Å². The van der Waals surface area contributed by atoms with Crippen molar-refractivity contribution in [3.05, 3.63) is 39.8 Å². The molecule has 1 N–H and O–H groups in total. The quantitative estimate of drug-likeness (QED) is 0.900. The van der Waals surface area contributed by atoms with Gasteiger partial charge in [0.25, 0.3) is 0 Å². The molecule has 4 heteroatoms. The smallest absolute Gasteiger partial charge is 0.119 e. The Morgan fingerprint density at radius 1 is 1.35 bits per heavy atom. The maximum Gasteiger partial charge on any atom is 0.119 e. The molecule has 0 aliphatic carbocycles. The number of methoxy groups -OCH3 is 1. The summed E-state index contributed by atoms with van der Waals surface area (Å²) in [5.74, 6) is 0.891. The minimum atomic E-state index is 0.823. The monoisotopic (exact) mass is 248 g/mol. The number of hydrogen-bond acceptors (Lipinski definition) is 4. The fourth-order valence-corrected chi connectivity index (χ4v) is 2.35. The van der Waals surface area contributed by atoms with E-state index in [0.29, 0.717) is 0 Å². The number of benzene rings is 1. The van der Waals surface area contributed by atoms with Crippen molar-refractivity contribution >= 4 is 17.0 Å². The first-order chi connectivity index (χ1) is 8.20. The second-order valence-electron chi connectivity index (χ2n) is 3.90. The summed E-state index contributed by atoms with van der Waals surface area (Å²) in [6.07, 6.45) is 0. The van der Waals surface area contributed by atoms with Gasteiger partial charge < -0.3 is 10.1 Å². The minimum Gasteiger partial charge on any atom is -0.497 e. The van der Waals surface area contributed by atoms with E-state index in [1.165, 1.54) is 10.4 Å². The van der Waals surface area contributed by atoms with Gasteiger partial charge in [0.15, 0.2) is 0 Å². The molecule has 1 aromatic carbocycles. The molecule has 0 spiro atoms. The van der Waals surface area contributed by atoms with Crippen molar-refractivity contribution in [2.75, 3.05) is 12.4 Å². The van der Waals surface area contributed by atoms with Crippen molar-refractivity contribution < 1.29 is 4.74 Å². The van der Waals surface area contributed by atoms with E-state index in [9.17, 15) is 0 Å². The molecule has 0 bridgehead atoms. The lowest BCUT2D eigenvalue weighted by molar-refractivity contribution is 0.414. The number of thiazole rings is 1. The predicted octanol–water partition coefficient (Wildman–Crippen LogP) is 3.38. The van der Waals surface area contributed by atoms with Crippen molar-refractivity contribution in [1.29, 1.82) is 0 Å². The maximum atomic E-state index is 5.18. The molecule has 2 rings (SSSR count). The standard InChI is InChI=1S/C13H16N2OS/c1-9-6-11(16-3)4-5-12(9)14-7-13-10(2)15-8-17-13/h4-6,8,14H,7H2,1-3H3. The highest BCUT2D eigenvalue weighted by Gasteiger charge is 2.03. The molecule has 1 aromatic heterocycles. The van der Waals surface area contributed by atoms with Crippen LogP contribution in [0.5, 0.6) is 5.75 Å². The van der Waals surface area contributed by atoms with Crippen LogP contribution in [0, 0.1) is 13.8 Å². The molecule has 3 nitrogen and oxygen atoms in total. The molecular weight excluding hydrogens is 232 g/mol. The molecule has 17 heavy (non-hydrogen) atoms. The van der Waals surface area contributed by atoms with Gasteiger partial charge in [-0.05, 0) is 37.6 Å². The average Bonchev–Trinajstić information content (AvgIpc) is 2.73. The molecular formula is C13H16N2OS. The molecule has 0 saturated carbocycles.